The van der Waals surface area contributed by atoms with Crippen LogP contribution in [-0.4, -0.2) is 30.1 Å². The molecular formula is C15H32N2. The smallest absolute Gasteiger partial charge is 0.0326 e. The summed E-state index contributed by atoms with van der Waals surface area (Å²) in [4.78, 5) is 2.57. The van der Waals surface area contributed by atoms with Crippen molar-refractivity contribution in [3.63, 3.8) is 0 Å². The largest absolute Gasteiger partial charge is 0.329 e. The Hall–Kier alpha value is -0.0800. The minimum atomic E-state index is 0.156. The second kappa shape index (κ2) is 6.19. The van der Waals surface area contributed by atoms with E-state index in [2.05, 4.69) is 39.6 Å². The van der Waals surface area contributed by atoms with Crippen LogP contribution in [0.1, 0.15) is 59.8 Å². The van der Waals surface area contributed by atoms with E-state index in [4.69, 9.17) is 5.73 Å². The highest BCUT2D eigenvalue weighted by molar-refractivity contribution is 4.93. The van der Waals surface area contributed by atoms with E-state index in [-0.39, 0.29) is 5.54 Å². The monoisotopic (exact) mass is 240 g/mol. The molecule has 1 aliphatic carbocycles. The molecule has 0 aromatic carbocycles. The van der Waals surface area contributed by atoms with Gasteiger partial charge in [-0.1, -0.05) is 27.2 Å². The Morgan fingerprint density at radius 3 is 2.12 bits per heavy atom. The number of hydrogen-bond acceptors (Lipinski definition) is 2. The van der Waals surface area contributed by atoms with Crippen molar-refractivity contribution < 1.29 is 0 Å². The van der Waals surface area contributed by atoms with E-state index in [0.29, 0.717) is 5.92 Å². The lowest BCUT2D eigenvalue weighted by Gasteiger charge is -2.47. The third-order valence-electron chi connectivity index (χ3n) is 5.40. The summed E-state index contributed by atoms with van der Waals surface area (Å²) in [6, 6.07) is 0.744. The molecule has 17 heavy (non-hydrogen) atoms. The lowest BCUT2D eigenvalue weighted by molar-refractivity contribution is 0.0293. The number of rotatable bonds is 5. The Morgan fingerprint density at radius 1 is 1.24 bits per heavy atom. The molecule has 0 aliphatic heterocycles. The first-order valence-corrected chi connectivity index (χ1v) is 7.38. The molecule has 1 aliphatic rings. The van der Waals surface area contributed by atoms with Gasteiger partial charge in [-0.3, -0.25) is 4.90 Å². The normalized spacial score (nSPS) is 29.6. The molecule has 0 amide bonds. The molecule has 102 valence electrons. The van der Waals surface area contributed by atoms with Gasteiger partial charge in [-0.05, 0) is 51.5 Å². The molecule has 0 saturated heterocycles. The summed E-state index contributed by atoms with van der Waals surface area (Å²) in [6.07, 6.45) is 6.89. The molecule has 2 heteroatoms. The minimum absolute atomic E-state index is 0.156. The molecule has 0 bridgehead atoms. The van der Waals surface area contributed by atoms with Gasteiger partial charge >= 0.3 is 0 Å². The van der Waals surface area contributed by atoms with Crippen LogP contribution in [0.5, 0.6) is 0 Å². The quantitative estimate of drug-likeness (QED) is 0.799. The molecule has 0 radical (unpaired) electrons. The molecule has 0 heterocycles. The fraction of sp³-hybridized carbons (Fsp3) is 1.00. The summed E-state index contributed by atoms with van der Waals surface area (Å²) < 4.78 is 0. The molecule has 0 spiro atoms. The van der Waals surface area contributed by atoms with Crippen molar-refractivity contribution in [1.82, 2.24) is 4.90 Å². The number of nitrogens with two attached hydrogens (primary N) is 1. The van der Waals surface area contributed by atoms with Crippen molar-refractivity contribution in [1.29, 1.82) is 0 Å². The molecule has 1 unspecified atom stereocenters. The minimum Gasteiger partial charge on any atom is -0.329 e. The van der Waals surface area contributed by atoms with Gasteiger partial charge in [-0.2, -0.15) is 0 Å². The summed E-state index contributed by atoms with van der Waals surface area (Å²) in [6.45, 7) is 9.99. The first-order chi connectivity index (χ1) is 7.95. The van der Waals surface area contributed by atoms with Gasteiger partial charge in [0.1, 0.15) is 0 Å². The van der Waals surface area contributed by atoms with Crippen LogP contribution < -0.4 is 5.73 Å². The molecule has 2 nitrogen and oxygen atoms in total. The highest BCUT2D eigenvalue weighted by Crippen LogP contribution is 2.33. The van der Waals surface area contributed by atoms with Crippen LogP contribution in [0, 0.1) is 11.8 Å². The van der Waals surface area contributed by atoms with Crippen molar-refractivity contribution in [2.75, 3.05) is 13.6 Å². The molecule has 1 atom stereocenters. The van der Waals surface area contributed by atoms with Gasteiger partial charge < -0.3 is 5.73 Å². The Bertz CT molecular complexity index is 219. The van der Waals surface area contributed by atoms with E-state index < -0.39 is 0 Å². The van der Waals surface area contributed by atoms with Crippen LogP contribution in [-0.2, 0) is 0 Å². The van der Waals surface area contributed by atoms with Crippen molar-refractivity contribution in [3.05, 3.63) is 0 Å². The lowest BCUT2D eigenvalue weighted by atomic mass is 9.80. The maximum absolute atomic E-state index is 6.03. The van der Waals surface area contributed by atoms with Crippen LogP contribution in [0.15, 0.2) is 0 Å². The summed E-state index contributed by atoms with van der Waals surface area (Å²) >= 11 is 0. The molecule has 2 N–H and O–H groups in total. The van der Waals surface area contributed by atoms with Crippen LogP contribution in [0.25, 0.3) is 0 Å². The van der Waals surface area contributed by atoms with Gasteiger partial charge in [-0.15, -0.1) is 0 Å². The summed E-state index contributed by atoms with van der Waals surface area (Å²) in [5, 5.41) is 0. The summed E-state index contributed by atoms with van der Waals surface area (Å²) in [7, 11) is 2.28. The SMILES string of the molecule is CCC1CCC(N(C)C(C)(CN)C(C)C)CC1. The van der Waals surface area contributed by atoms with Gasteiger partial charge in [0.2, 0.25) is 0 Å². The van der Waals surface area contributed by atoms with Gasteiger partial charge in [0, 0.05) is 18.1 Å². The third-order valence-corrected chi connectivity index (χ3v) is 5.40. The van der Waals surface area contributed by atoms with Gasteiger partial charge in [0.25, 0.3) is 0 Å². The fourth-order valence-corrected chi connectivity index (χ4v) is 3.14. The predicted molar refractivity (Wildman–Crippen MR) is 76.1 cm³/mol. The number of likely N-dealkylation sites (N-methyl/N-ethyl adjacent to an activating group) is 1. The predicted octanol–water partition coefficient (Wildman–Crippen LogP) is 3.26. The van der Waals surface area contributed by atoms with E-state index >= 15 is 0 Å². The second-order valence-corrected chi connectivity index (χ2v) is 6.41. The molecule has 1 fully saturated rings. The van der Waals surface area contributed by atoms with E-state index in [9.17, 15) is 0 Å². The van der Waals surface area contributed by atoms with Crippen molar-refractivity contribution in [2.24, 2.45) is 17.6 Å². The highest BCUT2D eigenvalue weighted by Gasteiger charge is 2.36. The zero-order valence-electron chi connectivity index (χ0n) is 12.5. The maximum Gasteiger partial charge on any atom is 0.0326 e. The second-order valence-electron chi connectivity index (χ2n) is 6.41. The molecular weight excluding hydrogens is 208 g/mol. The Labute approximate surface area is 108 Å². The van der Waals surface area contributed by atoms with E-state index in [1.54, 1.807) is 0 Å². The topological polar surface area (TPSA) is 29.3 Å². The van der Waals surface area contributed by atoms with E-state index in [1.165, 1.54) is 32.1 Å². The fourth-order valence-electron chi connectivity index (χ4n) is 3.14. The molecule has 1 saturated carbocycles. The first kappa shape index (κ1) is 15.0. The van der Waals surface area contributed by atoms with Crippen LogP contribution in [0.2, 0.25) is 0 Å². The van der Waals surface area contributed by atoms with Crippen molar-refractivity contribution >= 4 is 0 Å². The Balaban J connectivity index is 2.61. The maximum atomic E-state index is 6.03. The van der Waals surface area contributed by atoms with Crippen LogP contribution in [0.3, 0.4) is 0 Å². The van der Waals surface area contributed by atoms with Gasteiger partial charge in [0.05, 0.1) is 0 Å². The first-order valence-electron chi connectivity index (χ1n) is 7.38. The van der Waals surface area contributed by atoms with Crippen molar-refractivity contribution in [2.45, 2.75) is 71.4 Å². The number of hydrogen-bond donors (Lipinski definition) is 1. The standard InChI is InChI=1S/C15H32N2/c1-6-13-7-9-14(10-8-13)17(5)15(4,11-16)12(2)3/h12-14H,6-11,16H2,1-5H3. The van der Waals surface area contributed by atoms with Crippen LogP contribution >= 0.6 is 0 Å². The molecule has 1 rings (SSSR count). The summed E-state index contributed by atoms with van der Waals surface area (Å²) in [5.74, 6) is 1.59. The van der Waals surface area contributed by atoms with E-state index in [0.717, 1.165) is 18.5 Å². The lowest BCUT2D eigenvalue weighted by Crippen LogP contribution is -2.57. The zero-order valence-corrected chi connectivity index (χ0v) is 12.5. The molecule has 0 aromatic rings. The zero-order chi connectivity index (χ0) is 13.1. The Morgan fingerprint density at radius 2 is 1.76 bits per heavy atom. The summed E-state index contributed by atoms with van der Waals surface area (Å²) in [5.41, 5.74) is 6.18. The molecule has 0 aromatic heterocycles. The highest BCUT2D eigenvalue weighted by atomic mass is 15.2. The van der Waals surface area contributed by atoms with Gasteiger partial charge in [-0.25, -0.2) is 0 Å². The third kappa shape index (κ3) is 3.23. The van der Waals surface area contributed by atoms with E-state index in [1.807, 2.05) is 0 Å². The average molecular weight is 240 g/mol. The van der Waals surface area contributed by atoms with Crippen LogP contribution in [0.4, 0.5) is 0 Å². The Kier molecular flexibility index (Phi) is 5.46. The van der Waals surface area contributed by atoms with Gasteiger partial charge in [0.15, 0.2) is 0 Å². The average Bonchev–Trinajstić information content (AvgIpc) is 2.36. The number of nitrogens with zero attached hydrogens (tertiary/aromatic N) is 1. The van der Waals surface area contributed by atoms with Crippen molar-refractivity contribution in [3.8, 4) is 0 Å².